The number of nitrogens with two attached hydrogens (primary N) is 1. The van der Waals surface area contributed by atoms with Crippen molar-refractivity contribution in [3.8, 4) is 11.5 Å². The van der Waals surface area contributed by atoms with Gasteiger partial charge in [0.15, 0.2) is 11.5 Å². The van der Waals surface area contributed by atoms with Crippen molar-refractivity contribution in [3.63, 3.8) is 0 Å². The molecule has 0 bridgehead atoms. The van der Waals surface area contributed by atoms with E-state index in [0.717, 1.165) is 0 Å². The number of hydrogen-bond acceptors (Lipinski definition) is 4. The summed E-state index contributed by atoms with van der Waals surface area (Å²) in [5.74, 6) is 6.54. The molecule has 0 spiro atoms. The molecular weight excluding hydrogens is 156 g/mol. The second-order valence-corrected chi connectivity index (χ2v) is 2.19. The molecule has 4 heteroatoms. The van der Waals surface area contributed by atoms with E-state index in [9.17, 15) is 0 Å². The van der Waals surface area contributed by atoms with Gasteiger partial charge in [-0.3, -0.25) is 5.84 Å². The highest BCUT2D eigenvalue weighted by molar-refractivity contribution is 5.62. The molecule has 4 nitrogen and oxygen atoms in total. The van der Waals surface area contributed by atoms with Crippen molar-refractivity contribution in [2.24, 2.45) is 5.84 Å². The van der Waals surface area contributed by atoms with Crippen molar-refractivity contribution < 1.29 is 9.47 Å². The summed E-state index contributed by atoms with van der Waals surface area (Å²) in [6, 6.07) is 5.44. The Balaban J connectivity index is 3.13. The molecule has 3 N–H and O–H groups in total. The van der Waals surface area contributed by atoms with Gasteiger partial charge in [-0.15, -0.1) is 0 Å². The molecule has 0 radical (unpaired) electrons. The van der Waals surface area contributed by atoms with E-state index in [1.165, 1.54) is 0 Å². The first-order chi connectivity index (χ1) is 5.83. The number of methoxy groups -OCH3 is 2. The molecule has 66 valence electrons. The zero-order valence-corrected chi connectivity index (χ0v) is 7.13. The number of nitrogen functional groups attached to an aromatic ring is 1. The average molecular weight is 168 g/mol. The van der Waals surface area contributed by atoms with Crippen LogP contribution in [-0.4, -0.2) is 14.2 Å². The highest BCUT2D eigenvalue weighted by Crippen LogP contribution is 2.33. The number of hydrogen-bond donors (Lipinski definition) is 2. The van der Waals surface area contributed by atoms with Crippen molar-refractivity contribution in [3.05, 3.63) is 18.2 Å². The minimum atomic E-state index is 0.613. The van der Waals surface area contributed by atoms with E-state index in [2.05, 4.69) is 5.43 Å². The second-order valence-electron chi connectivity index (χ2n) is 2.19. The molecular formula is C8H12N2O2. The minimum absolute atomic E-state index is 0.613. The topological polar surface area (TPSA) is 56.5 Å². The highest BCUT2D eigenvalue weighted by atomic mass is 16.5. The second kappa shape index (κ2) is 3.82. The molecule has 0 saturated heterocycles. The van der Waals surface area contributed by atoms with Crippen LogP contribution in [0, 0.1) is 0 Å². The highest BCUT2D eigenvalue weighted by Gasteiger charge is 2.06. The number of hydrazine groups is 1. The first kappa shape index (κ1) is 8.67. The third-order valence-corrected chi connectivity index (χ3v) is 1.56. The van der Waals surface area contributed by atoms with Crippen LogP contribution in [0.4, 0.5) is 5.69 Å². The van der Waals surface area contributed by atoms with Gasteiger partial charge in [0.05, 0.1) is 19.9 Å². The third kappa shape index (κ3) is 1.43. The average Bonchev–Trinajstić information content (AvgIpc) is 2.16. The summed E-state index contributed by atoms with van der Waals surface area (Å²) in [5, 5.41) is 0. The Kier molecular flexibility index (Phi) is 2.76. The fourth-order valence-electron chi connectivity index (χ4n) is 1.00. The van der Waals surface area contributed by atoms with Crippen molar-refractivity contribution in [2.45, 2.75) is 0 Å². The summed E-state index contributed by atoms with van der Waals surface area (Å²) < 4.78 is 10.1. The number of para-hydroxylation sites is 1. The standard InChI is InChI=1S/C8H12N2O2/c1-11-7-5-3-4-6(10-9)8(7)12-2/h3-5,10H,9H2,1-2H3. The monoisotopic (exact) mass is 168 g/mol. The van der Waals surface area contributed by atoms with Gasteiger partial charge in [0, 0.05) is 0 Å². The largest absolute Gasteiger partial charge is 0.493 e. The van der Waals surface area contributed by atoms with Gasteiger partial charge >= 0.3 is 0 Å². The lowest BCUT2D eigenvalue weighted by atomic mass is 10.3. The maximum Gasteiger partial charge on any atom is 0.185 e. The van der Waals surface area contributed by atoms with Gasteiger partial charge in [-0.2, -0.15) is 0 Å². The zero-order chi connectivity index (χ0) is 8.97. The van der Waals surface area contributed by atoms with E-state index in [4.69, 9.17) is 15.3 Å². The molecule has 0 fully saturated rings. The van der Waals surface area contributed by atoms with Gasteiger partial charge in [-0.25, -0.2) is 0 Å². The smallest absolute Gasteiger partial charge is 0.185 e. The lowest BCUT2D eigenvalue weighted by Gasteiger charge is -2.10. The fourth-order valence-corrected chi connectivity index (χ4v) is 1.00. The maximum absolute atomic E-state index is 5.26. The van der Waals surface area contributed by atoms with E-state index in [1.54, 1.807) is 26.4 Å². The molecule has 12 heavy (non-hydrogen) atoms. The lowest BCUT2D eigenvalue weighted by molar-refractivity contribution is 0.356. The lowest BCUT2D eigenvalue weighted by Crippen LogP contribution is -2.08. The van der Waals surface area contributed by atoms with E-state index >= 15 is 0 Å². The van der Waals surface area contributed by atoms with E-state index in [0.29, 0.717) is 17.2 Å². The summed E-state index contributed by atoms with van der Waals surface area (Å²) in [6.07, 6.45) is 0. The van der Waals surface area contributed by atoms with Crippen molar-refractivity contribution in [2.75, 3.05) is 19.6 Å². The van der Waals surface area contributed by atoms with Crippen LogP contribution in [0.25, 0.3) is 0 Å². The van der Waals surface area contributed by atoms with Gasteiger partial charge in [-0.05, 0) is 12.1 Å². The Hall–Kier alpha value is -1.42. The first-order valence-corrected chi connectivity index (χ1v) is 3.51. The van der Waals surface area contributed by atoms with Gasteiger partial charge in [-0.1, -0.05) is 6.07 Å². The number of benzene rings is 1. The number of nitrogens with one attached hydrogen (secondary N) is 1. The Labute approximate surface area is 71.2 Å². The Morgan fingerprint density at radius 3 is 2.50 bits per heavy atom. The Morgan fingerprint density at radius 2 is 2.00 bits per heavy atom. The summed E-state index contributed by atoms with van der Waals surface area (Å²) in [7, 11) is 3.15. The van der Waals surface area contributed by atoms with Crippen LogP contribution >= 0.6 is 0 Å². The van der Waals surface area contributed by atoms with Crippen molar-refractivity contribution in [1.82, 2.24) is 0 Å². The quantitative estimate of drug-likeness (QED) is 0.522. The van der Waals surface area contributed by atoms with Crippen LogP contribution in [0.5, 0.6) is 11.5 Å². The molecule has 0 aliphatic heterocycles. The van der Waals surface area contributed by atoms with Crippen molar-refractivity contribution in [1.29, 1.82) is 0 Å². The molecule has 0 amide bonds. The van der Waals surface area contributed by atoms with Gasteiger partial charge < -0.3 is 14.9 Å². The van der Waals surface area contributed by atoms with Crippen LogP contribution in [-0.2, 0) is 0 Å². The Morgan fingerprint density at radius 1 is 1.25 bits per heavy atom. The molecule has 0 heterocycles. The number of ether oxygens (including phenoxy) is 2. The van der Waals surface area contributed by atoms with Gasteiger partial charge in [0.25, 0.3) is 0 Å². The molecule has 0 saturated carbocycles. The number of rotatable bonds is 3. The molecule has 0 aliphatic carbocycles. The molecule has 1 rings (SSSR count). The van der Waals surface area contributed by atoms with Crippen LogP contribution in [0.2, 0.25) is 0 Å². The summed E-state index contributed by atoms with van der Waals surface area (Å²) >= 11 is 0. The predicted octanol–water partition coefficient (Wildman–Crippen LogP) is 0.989. The Bertz CT molecular complexity index is 241. The van der Waals surface area contributed by atoms with Crippen LogP contribution < -0.4 is 20.7 Å². The van der Waals surface area contributed by atoms with Crippen LogP contribution in [0.15, 0.2) is 18.2 Å². The molecule has 1 aromatic carbocycles. The van der Waals surface area contributed by atoms with Crippen LogP contribution in [0.3, 0.4) is 0 Å². The molecule has 0 aromatic heterocycles. The normalized spacial score (nSPS) is 9.25. The predicted molar refractivity (Wildman–Crippen MR) is 47.4 cm³/mol. The molecule has 0 atom stereocenters. The van der Waals surface area contributed by atoms with E-state index < -0.39 is 0 Å². The SMILES string of the molecule is COc1cccc(NN)c1OC. The fraction of sp³-hybridized carbons (Fsp3) is 0.250. The maximum atomic E-state index is 5.26. The van der Waals surface area contributed by atoms with Crippen molar-refractivity contribution >= 4 is 5.69 Å². The molecule has 0 aliphatic rings. The summed E-state index contributed by atoms with van der Waals surface area (Å²) in [5.41, 5.74) is 3.22. The van der Waals surface area contributed by atoms with E-state index in [-0.39, 0.29) is 0 Å². The number of anilines is 1. The third-order valence-electron chi connectivity index (χ3n) is 1.56. The zero-order valence-electron chi connectivity index (χ0n) is 7.13. The van der Waals surface area contributed by atoms with E-state index in [1.807, 2.05) is 6.07 Å². The summed E-state index contributed by atoms with van der Waals surface area (Å²) in [4.78, 5) is 0. The molecule has 1 aromatic rings. The molecule has 0 unspecified atom stereocenters. The van der Waals surface area contributed by atoms with Crippen LogP contribution in [0.1, 0.15) is 0 Å². The first-order valence-electron chi connectivity index (χ1n) is 3.51. The summed E-state index contributed by atoms with van der Waals surface area (Å²) in [6.45, 7) is 0. The van der Waals surface area contributed by atoms with Gasteiger partial charge in [0.2, 0.25) is 0 Å². The minimum Gasteiger partial charge on any atom is -0.493 e. The van der Waals surface area contributed by atoms with Gasteiger partial charge in [0.1, 0.15) is 0 Å².